The van der Waals surface area contributed by atoms with Crippen molar-refractivity contribution in [2.24, 2.45) is 0 Å². The van der Waals surface area contributed by atoms with Crippen LogP contribution in [0, 0.1) is 0 Å². The Hall–Kier alpha value is -1.32. The summed E-state index contributed by atoms with van der Waals surface area (Å²) in [6.07, 6.45) is 0.881. The van der Waals surface area contributed by atoms with E-state index in [-0.39, 0.29) is 0 Å². The van der Waals surface area contributed by atoms with E-state index in [9.17, 15) is 0 Å². The summed E-state index contributed by atoms with van der Waals surface area (Å²) in [4.78, 5) is 4.72. The normalized spacial score (nSPS) is 14.6. The number of hydrogen-bond donors (Lipinski definition) is 1. The molecule has 3 nitrogen and oxygen atoms in total. The van der Waals surface area contributed by atoms with Gasteiger partial charge in [0, 0.05) is 28.9 Å². The van der Waals surface area contributed by atoms with E-state index in [0.717, 1.165) is 46.9 Å². The number of halogens is 1. The topological polar surface area (TPSA) is 34.2 Å². The molecule has 0 saturated carbocycles. The number of ether oxygens (including phenoxy) is 1. The lowest BCUT2D eigenvalue weighted by molar-refractivity contribution is 0.110. The van der Waals surface area contributed by atoms with Crippen LogP contribution in [0.15, 0.2) is 18.2 Å². The molecule has 0 spiro atoms. The van der Waals surface area contributed by atoms with Crippen LogP contribution in [0.3, 0.4) is 0 Å². The largest absolute Gasteiger partial charge is 0.384 e. The zero-order chi connectivity index (χ0) is 12.5. The minimum atomic E-state index is 0.632. The van der Waals surface area contributed by atoms with Gasteiger partial charge >= 0.3 is 0 Å². The number of fused-ring (bicyclic) bond motifs is 2. The van der Waals surface area contributed by atoms with Crippen molar-refractivity contribution in [2.75, 3.05) is 18.5 Å². The molecule has 0 amide bonds. The summed E-state index contributed by atoms with van der Waals surface area (Å²) in [6, 6.07) is 5.84. The zero-order valence-electron chi connectivity index (χ0n) is 10.3. The van der Waals surface area contributed by atoms with Crippen LogP contribution in [0.2, 0.25) is 5.02 Å². The molecule has 1 aliphatic rings. The Labute approximate surface area is 111 Å². The molecular weight excluding hydrogens is 248 g/mol. The van der Waals surface area contributed by atoms with Gasteiger partial charge in [-0.25, -0.2) is 0 Å². The summed E-state index contributed by atoms with van der Waals surface area (Å²) in [5.74, 6) is 0. The quantitative estimate of drug-likeness (QED) is 0.901. The van der Waals surface area contributed by atoms with Crippen LogP contribution >= 0.6 is 11.6 Å². The second-order valence-corrected chi connectivity index (χ2v) is 4.84. The molecular formula is C14H15ClN2O. The third kappa shape index (κ3) is 1.93. The first kappa shape index (κ1) is 11.8. The molecule has 18 heavy (non-hydrogen) atoms. The van der Waals surface area contributed by atoms with Gasteiger partial charge in [0.1, 0.15) is 0 Å². The van der Waals surface area contributed by atoms with Crippen LogP contribution in [-0.2, 0) is 17.8 Å². The smallest absolute Gasteiger partial charge is 0.0755 e. The second kappa shape index (κ2) is 4.75. The molecule has 0 atom stereocenters. The highest BCUT2D eigenvalue weighted by Crippen LogP contribution is 2.32. The summed E-state index contributed by atoms with van der Waals surface area (Å²) >= 11 is 6.09. The van der Waals surface area contributed by atoms with Gasteiger partial charge < -0.3 is 10.1 Å². The van der Waals surface area contributed by atoms with E-state index in [4.69, 9.17) is 21.3 Å². The van der Waals surface area contributed by atoms with Crippen molar-refractivity contribution in [1.29, 1.82) is 0 Å². The number of anilines is 1. The number of nitrogens with zero attached hydrogens (tertiary/aromatic N) is 1. The van der Waals surface area contributed by atoms with Crippen molar-refractivity contribution in [3.8, 4) is 0 Å². The fourth-order valence-corrected chi connectivity index (χ4v) is 2.58. The summed E-state index contributed by atoms with van der Waals surface area (Å²) in [7, 11) is 0. The van der Waals surface area contributed by atoms with E-state index in [2.05, 4.69) is 12.2 Å². The fraction of sp³-hybridized carbons (Fsp3) is 0.357. The lowest BCUT2D eigenvalue weighted by atomic mass is 10.0. The average molecular weight is 263 g/mol. The van der Waals surface area contributed by atoms with Crippen LogP contribution in [0.4, 0.5) is 5.69 Å². The fourth-order valence-electron chi connectivity index (χ4n) is 2.41. The first-order valence-electron chi connectivity index (χ1n) is 6.22. The molecule has 1 aliphatic heterocycles. The van der Waals surface area contributed by atoms with Gasteiger partial charge in [-0.1, -0.05) is 11.6 Å². The van der Waals surface area contributed by atoms with Crippen molar-refractivity contribution in [2.45, 2.75) is 20.0 Å². The van der Waals surface area contributed by atoms with Crippen molar-refractivity contribution < 1.29 is 4.74 Å². The molecule has 0 unspecified atom stereocenters. The van der Waals surface area contributed by atoms with Crippen LogP contribution in [0.25, 0.3) is 10.9 Å². The summed E-state index contributed by atoms with van der Waals surface area (Å²) in [6.45, 7) is 4.35. The highest BCUT2D eigenvalue weighted by molar-refractivity contribution is 6.31. The number of aromatic nitrogens is 1. The third-order valence-corrected chi connectivity index (χ3v) is 3.45. The highest BCUT2D eigenvalue weighted by Gasteiger charge is 2.18. The molecule has 0 radical (unpaired) electrons. The molecule has 4 heteroatoms. The number of rotatable bonds is 2. The Kier molecular flexibility index (Phi) is 3.10. The molecule has 1 aromatic carbocycles. The number of nitrogens with one attached hydrogen (secondary N) is 1. The summed E-state index contributed by atoms with van der Waals surface area (Å²) in [5, 5.41) is 5.24. The molecule has 0 fully saturated rings. The predicted molar refractivity (Wildman–Crippen MR) is 74.3 cm³/mol. The van der Waals surface area contributed by atoms with Crippen LogP contribution in [0.5, 0.6) is 0 Å². The lowest BCUT2D eigenvalue weighted by Crippen LogP contribution is -2.15. The number of hydrogen-bond acceptors (Lipinski definition) is 3. The first-order chi connectivity index (χ1) is 8.79. The van der Waals surface area contributed by atoms with Crippen molar-refractivity contribution in [1.82, 2.24) is 4.98 Å². The Balaban J connectivity index is 2.30. The number of pyridine rings is 1. The van der Waals surface area contributed by atoms with E-state index in [1.165, 1.54) is 5.56 Å². The third-order valence-electron chi connectivity index (χ3n) is 3.22. The maximum atomic E-state index is 6.09. The van der Waals surface area contributed by atoms with Gasteiger partial charge in [-0.3, -0.25) is 4.98 Å². The lowest BCUT2D eigenvalue weighted by Gasteiger charge is -2.21. The molecule has 1 aromatic heterocycles. The first-order valence-corrected chi connectivity index (χ1v) is 6.60. The van der Waals surface area contributed by atoms with Crippen LogP contribution in [-0.4, -0.2) is 18.1 Å². The minimum Gasteiger partial charge on any atom is -0.384 e. The molecule has 0 aliphatic carbocycles. The minimum absolute atomic E-state index is 0.632. The molecule has 1 N–H and O–H groups in total. The van der Waals surface area contributed by atoms with Crippen molar-refractivity contribution in [3.63, 3.8) is 0 Å². The van der Waals surface area contributed by atoms with E-state index in [1.807, 2.05) is 18.2 Å². The van der Waals surface area contributed by atoms with Gasteiger partial charge in [0.05, 0.1) is 30.1 Å². The van der Waals surface area contributed by atoms with Gasteiger partial charge in [0.15, 0.2) is 0 Å². The highest BCUT2D eigenvalue weighted by atomic mass is 35.5. The van der Waals surface area contributed by atoms with Crippen LogP contribution in [0.1, 0.15) is 18.2 Å². The zero-order valence-corrected chi connectivity index (χ0v) is 11.0. The Morgan fingerprint density at radius 3 is 3.17 bits per heavy atom. The van der Waals surface area contributed by atoms with Crippen LogP contribution < -0.4 is 5.32 Å². The van der Waals surface area contributed by atoms with Crippen molar-refractivity contribution in [3.05, 3.63) is 34.5 Å². The van der Waals surface area contributed by atoms with E-state index >= 15 is 0 Å². The molecule has 2 heterocycles. The Morgan fingerprint density at radius 1 is 1.44 bits per heavy atom. The monoisotopic (exact) mass is 262 g/mol. The van der Waals surface area contributed by atoms with Gasteiger partial charge in [0.2, 0.25) is 0 Å². The van der Waals surface area contributed by atoms with Gasteiger partial charge in [-0.15, -0.1) is 0 Å². The number of benzene rings is 1. The van der Waals surface area contributed by atoms with E-state index in [0.29, 0.717) is 6.61 Å². The SMILES string of the molecule is CCNc1c2c(nc3ccc(Cl)cc13)CCOC2. The Morgan fingerprint density at radius 2 is 2.33 bits per heavy atom. The standard InChI is InChI=1S/C14H15ClN2O/c1-2-16-14-10-7-9(15)3-4-12(10)17-13-5-6-18-8-11(13)14/h3-4,7H,2,5-6,8H2,1H3,(H,16,17). The van der Waals surface area contributed by atoms with E-state index < -0.39 is 0 Å². The molecule has 3 rings (SSSR count). The predicted octanol–water partition coefficient (Wildman–Crippen LogP) is 3.39. The molecule has 94 valence electrons. The Bertz CT molecular complexity index is 598. The van der Waals surface area contributed by atoms with Crippen molar-refractivity contribution >= 4 is 28.2 Å². The average Bonchev–Trinajstić information content (AvgIpc) is 2.39. The molecule has 0 bridgehead atoms. The van der Waals surface area contributed by atoms with Gasteiger partial charge in [0.25, 0.3) is 0 Å². The summed E-state index contributed by atoms with van der Waals surface area (Å²) < 4.78 is 5.55. The second-order valence-electron chi connectivity index (χ2n) is 4.41. The maximum absolute atomic E-state index is 6.09. The van der Waals surface area contributed by atoms with Gasteiger partial charge in [-0.05, 0) is 25.1 Å². The molecule has 2 aromatic rings. The maximum Gasteiger partial charge on any atom is 0.0755 e. The summed E-state index contributed by atoms with van der Waals surface area (Å²) in [5.41, 5.74) is 4.44. The van der Waals surface area contributed by atoms with Gasteiger partial charge in [-0.2, -0.15) is 0 Å². The molecule has 0 saturated heterocycles. The van der Waals surface area contributed by atoms with E-state index in [1.54, 1.807) is 0 Å².